The molecule has 0 aliphatic heterocycles. The Kier molecular flexibility index (Phi) is 5.11. The molecule has 0 heterocycles. The molecule has 0 bridgehead atoms. The molecule has 106 valence electrons. The number of rotatable bonds is 6. The number of hydrogen-bond acceptors (Lipinski definition) is 4. The van der Waals surface area contributed by atoms with Gasteiger partial charge in [-0.25, -0.2) is 9.18 Å². The molecule has 4 N–H and O–H groups in total. The Balaban J connectivity index is 3.05. The fraction of sp³-hybridized carbons (Fsp3) is 0.462. The topological polar surface area (TPSA) is 84.6 Å². The van der Waals surface area contributed by atoms with Gasteiger partial charge in [-0.2, -0.15) is 0 Å². The highest BCUT2D eigenvalue weighted by Gasteiger charge is 2.18. The summed E-state index contributed by atoms with van der Waals surface area (Å²) in [5.41, 5.74) is 5.36. The smallest absolute Gasteiger partial charge is 0.337 e. The third-order valence-corrected chi connectivity index (χ3v) is 2.86. The molecule has 1 unspecified atom stereocenters. The number of benzene rings is 1. The average Bonchev–Trinajstić information content (AvgIpc) is 2.30. The summed E-state index contributed by atoms with van der Waals surface area (Å²) in [6, 6.07) is 2.10. The van der Waals surface area contributed by atoms with Crippen LogP contribution in [0.4, 0.5) is 15.8 Å². The van der Waals surface area contributed by atoms with Gasteiger partial charge in [0.2, 0.25) is 0 Å². The molecule has 0 amide bonds. The standard InChI is InChI=1S/C13H19FN2O3/c1-7(2)12(6-19-3)16-11-4-8(13(17)18)10(15)5-9(11)14/h4-5,7,12,16H,6,15H2,1-3H3,(H,17,18). The highest BCUT2D eigenvalue weighted by atomic mass is 19.1. The maximum atomic E-state index is 13.8. The number of halogens is 1. The molecule has 0 radical (unpaired) electrons. The van der Waals surface area contributed by atoms with E-state index >= 15 is 0 Å². The Morgan fingerprint density at radius 1 is 1.53 bits per heavy atom. The van der Waals surface area contributed by atoms with Gasteiger partial charge in [0.05, 0.1) is 23.9 Å². The molecule has 0 aliphatic carbocycles. The van der Waals surface area contributed by atoms with Crippen molar-refractivity contribution in [1.29, 1.82) is 0 Å². The number of nitrogens with one attached hydrogen (secondary N) is 1. The van der Waals surface area contributed by atoms with E-state index in [-0.39, 0.29) is 28.9 Å². The van der Waals surface area contributed by atoms with Crippen LogP contribution in [0.3, 0.4) is 0 Å². The van der Waals surface area contributed by atoms with Crippen molar-refractivity contribution < 1.29 is 19.0 Å². The molecule has 1 atom stereocenters. The van der Waals surface area contributed by atoms with Crippen LogP contribution in [-0.2, 0) is 4.74 Å². The van der Waals surface area contributed by atoms with Crippen LogP contribution in [0.5, 0.6) is 0 Å². The molecule has 0 saturated heterocycles. The Morgan fingerprint density at radius 3 is 2.63 bits per heavy atom. The summed E-state index contributed by atoms with van der Waals surface area (Å²) in [6.45, 7) is 4.32. The largest absolute Gasteiger partial charge is 0.478 e. The van der Waals surface area contributed by atoms with Crippen LogP contribution in [-0.4, -0.2) is 30.8 Å². The first-order valence-electron chi connectivity index (χ1n) is 5.94. The van der Waals surface area contributed by atoms with Gasteiger partial charge in [-0.15, -0.1) is 0 Å². The fourth-order valence-corrected chi connectivity index (χ4v) is 1.66. The van der Waals surface area contributed by atoms with Gasteiger partial charge in [-0.05, 0) is 18.1 Å². The highest BCUT2D eigenvalue weighted by molar-refractivity contribution is 5.94. The summed E-state index contributed by atoms with van der Waals surface area (Å²) >= 11 is 0. The third-order valence-electron chi connectivity index (χ3n) is 2.86. The Hall–Kier alpha value is -1.82. The van der Waals surface area contributed by atoms with Crippen molar-refractivity contribution in [2.24, 2.45) is 5.92 Å². The minimum atomic E-state index is -1.19. The zero-order valence-corrected chi connectivity index (χ0v) is 11.2. The van der Waals surface area contributed by atoms with Crippen LogP contribution in [0.2, 0.25) is 0 Å². The zero-order chi connectivity index (χ0) is 14.6. The first-order valence-corrected chi connectivity index (χ1v) is 5.94. The molecule has 1 rings (SSSR count). The maximum absolute atomic E-state index is 13.8. The number of carboxylic acid groups (broad SMARTS) is 1. The summed E-state index contributed by atoms with van der Waals surface area (Å²) in [4.78, 5) is 11.0. The van der Waals surface area contributed by atoms with Crippen LogP contribution in [0.15, 0.2) is 12.1 Å². The van der Waals surface area contributed by atoms with Crippen molar-refractivity contribution in [2.75, 3.05) is 24.8 Å². The van der Waals surface area contributed by atoms with Crippen LogP contribution in [0.25, 0.3) is 0 Å². The monoisotopic (exact) mass is 270 g/mol. The lowest BCUT2D eigenvalue weighted by molar-refractivity contribution is 0.0698. The van der Waals surface area contributed by atoms with Gasteiger partial charge in [0.1, 0.15) is 5.82 Å². The van der Waals surface area contributed by atoms with E-state index in [4.69, 9.17) is 15.6 Å². The molecule has 0 saturated carbocycles. The van der Waals surface area contributed by atoms with E-state index in [1.54, 1.807) is 7.11 Å². The Labute approximate surface area is 111 Å². The molecule has 0 spiro atoms. The minimum absolute atomic E-state index is 0.0941. The number of anilines is 2. The van der Waals surface area contributed by atoms with E-state index in [2.05, 4.69) is 5.32 Å². The van der Waals surface area contributed by atoms with Gasteiger partial charge in [0.25, 0.3) is 0 Å². The van der Waals surface area contributed by atoms with Crippen molar-refractivity contribution in [3.05, 3.63) is 23.5 Å². The fourth-order valence-electron chi connectivity index (χ4n) is 1.66. The minimum Gasteiger partial charge on any atom is -0.478 e. The molecule has 0 aliphatic rings. The van der Waals surface area contributed by atoms with Crippen LogP contribution >= 0.6 is 0 Å². The quantitative estimate of drug-likeness (QED) is 0.690. The zero-order valence-electron chi connectivity index (χ0n) is 11.2. The van der Waals surface area contributed by atoms with E-state index < -0.39 is 11.8 Å². The lowest BCUT2D eigenvalue weighted by atomic mass is 10.0. The average molecular weight is 270 g/mol. The van der Waals surface area contributed by atoms with Crippen molar-refractivity contribution in [2.45, 2.75) is 19.9 Å². The van der Waals surface area contributed by atoms with Crippen LogP contribution < -0.4 is 11.1 Å². The molecule has 1 aromatic carbocycles. The second-order valence-corrected chi connectivity index (χ2v) is 4.67. The van der Waals surface area contributed by atoms with Gasteiger partial charge in [0.15, 0.2) is 0 Å². The predicted molar refractivity (Wildman–Crippen MR) is 71.9 cm³/mol. The van der Waals surface area contributed by atoms with Gasteiger partial charge >= 0.3 is 5.97 Å². The van der Waals surface area contributed by atoms with Gasteiger partial charge in [-0.3, -0.25) is 0 Å². The number of nitrogen functional groups attached to an aromatic ring is 1. The molecule has 6 heteroatoms. The number of aromatic carboxylic acids is 1. The summed E-state index contributed by atoms with van der Waals surface area (Å²) in [5.74, 6) is -1.57. The summed E-state index contributed by atoms with van der Waals surface area (Å²) in [6.07, 6.45) is 0. The van der Waals surface area contributed by atoms with Gasteiger partial charge < -0.3 is 20.9 Å². The van der Waals surface area contributed by atoms with Crippen molar-refractivity contribution in [3.63, 3.8) is 0 Å². The maximum Gasteiger partial charge on any atom is 0.337 e. The number of methoxy groups -OCH3 is 1. The van der Waals surface area contributed by atoms with Crippen LogP contribution in [0.1, 0.15) is 24.2 Å². The Bertz CT molecular complexity index is 463. The number of carboxylic acids is 1. The molecular weight excluding hydrogens is 251 g/mol. The van der Waals surface area contributed by atoms with E-state index in [9.17, 15) is 9.18 Å². The normalized spacial score (nSPS) is 12.5. The molecule has 19 heavy (non-hydrogen) atoms. The number of ether oxygens (including phenoxy) is 1. The van der Waals surface area contributed by atoms with E-state index in [0.717, 1.165) is 6.07 Å². The second kappa shape index (κ2) is 6.38. The third kappa shape index (κ3) is 3.82. The SMILES string of the molecule is COCC(Nc1cc(C(=O)O)c(N)cc1F)C(C)C. The van der Waals surface area contributed by atoms with Gasteiger partial charge in [0, 0.05) is 12.8 Å². The summed E-state index contributed by atoms with van der Waals surface area (Å²) in [7, 11) is 1.55. The number of carbonyl (C=O) groups is 1. The summed E-state index contributed by atoms with van der Waals surface area (Å²) in [5, 5.41) is 11.9. The van der Waals surface area contributed by atoms with Crippen LogP contribution in [0, 0.1) is 11.7 Å². The second-order valence-electron chi connectivity index (χ2n) is 4.67. The van der Waals surface area contributed by atoms with Crippen molar-refractivity contribution in [1.82, 2.24) is 0 Å². The molecular formula is C13H19FN2O3. The first kappa shape index (κ1) is 15.2. The Morgan fingerprint density at radius 2 is 2.16 bits per heavy atom. The van der Waals surface area contributed by atoms with Crippen molar-refractivity contribution in [3.8, 4) is 0 Å². The number of nitrogens with two attached hydrogens (primary N) is 1. The predicted octanol–water partition coefficient (Wildman–Crippen LogP) is 2.19. The van der Waals surface area contributed by atoms with Crippen molar-refractivity contribution >= 4 is 17.3 Å². The summed E-state index contributed by atoms with van der Waals surface area (Å²) < 4.78 is 18.8. The number of hydrogen-bond donors (Lipinski definition) is 3. The molecule has 5 nitrogen and oxygen atoms in total. The lowest BCUT2D eigenvalue weighted by Gasteiger charge is -2.23. The van der Waals surface area contributed by atoms with E-state index in [0.29, 0.717) is 6.61 Å². The molecule has 0 aromatic heterocycles. The molecule has 1 aromatic rings. The van der Waals surface area contributed by atoms with Gasteiger partial charge in [-0.1, -0.05) is 13.8 Å². The lowest BCUT2D eigenvalue weighted by Crippen LogP contribution is -2.31. The first-order chi connectivity index (χ1) is 8.86. The van der Waals surface area contributed by atoms with E-state index in [1.165, 1.54) is 6.07 Å². The molecule has 0 fully saturated rings. The van der Waals surface area contributed by atoms with E-state index in [1.807, 2.05) is 13.8 Å². The highest BCUT2D eigenvalue weighted by Crippen LogP contribution is 2.24.